The molecule has 0 aliphatic carbocycles. The molecule has 0 bridgehead atoms. The number of fused-ring (bicyclic) bond motifs is 1. The highest BCUT2D eigenvalue weighted by molar-refractivity contribution is 5.95. The van der Waals surface area contributed by atoms with Crippen LogP contribution in [0.4, 0.5) is 16.2 Å². The molecular formula is C21H25N3O2. The normalized spacial score (nSPS) is 12.7. The van der Waals surface area contributed by atoms with Gasteiger partial charge in [0.2, 0.25) is 5.91 Å². The number of carbonyl (C=O) groups excluding carboxylic acids is 2. The van der Waals surface area contributed by atoms with E-state index in [1.165, 1.54) is 11.1 Å². The van der Waals surface area contributed by atoms with Crippen molar-refractivity contribution < 1.29 is 9.59 Å². The third kappa shape index (κ3) is 3.87. The predicted octanol–water partition coefficient (Wildman–Crippen LogP) is 3.92. The fraction of sp³-hybridized carbons (Fsp3) is 0.333. The maximum atomic E-state index is 12.2. The summed E-state index contributed by atoms with van der Waals surface area (Å²) in [6.07, 6.45) is 1.38. The number of urea groups is 1. The summed E-state index contributed by atoms with van der Waals surface area (Å²) in [7, 11) is 0. The number of anilines is 2. The first-order valence-corrected chi connectivity index (χ1v) is 9.02. The topological polar surface area (TPSA) is 61.4 Å². The zero-order valence-corrected chi connectivity index (χ0v) is 15.6. The summed E-state index contributed by atoms with van der Waals surface area (Å²) in [6.45, 7) is 7.08. The Bertz CT molecular complexity index is 845. The molecule has 3 rings (SSSR count). The lowest BCUT2D eigenvalue weighted by Crippen LogP contribution is -2.28. The number of benzene rings is 2. The van der Waals surface area contributed by atoms with E-state index in [0.717, 1.165) is 35.5 Å². The molecule has 5 nitrogen and oxygen atoms in total. The molecule has 0 fully saturated rings. The Kier molecular flexibility index (Phi) is 5.26. The number of rotatable bonds is 4. The van der Waals surface area contributed by atoms with E-state index in [4.69, 9.17) is 0 Å². The van der Waals surface area contributed by atoms with Crippen LogP contribution in [0.3, 0.4) is 0 Å². The van der Waals surface area contributed by atoms with E-state index in [-0.39, 0.29) is 11.9 Å². The summed E-state index contributed by atoms with van der Waals surface area (Å²) in [6, 6.07) is 11.7. The Balaban J connectivity index is 1.60. The lowest BCUT2D eigenvalue weighted by atomic mass is 10.1. The number of hydrogen-bond acceptors (Lipinski definition) is 2. The molecule has 26 heavy (non-hydrogen) atoms. The van der Waals surface area contributed by atoms with Crippen LogP contribution in [0.5, 0.6) is 0 Å². The van der Waals surface area contributed by atoms with Crippen LogP contribution < -0.4 is 15.5 Å². The molecule has 136 valence electrons. The van der Waals surface area contributed by atoms with Crippen LogP contribution in [0.2, 0.25) is 0 Å². The van der Waals surface area contributed by atoms with Crippen molar-refractivity contribution in [1.82, 2.24) is 5.32 Å². The Morgan fingerprint density at radius 2 is 1.92 bits per heavy atom. The lowest BCUT2D eigenvalue weighted by Gasteiger charge is -2.16. The van der Waals surface area contributed by atoms with Crippen LogP contribution in [0, 0.1) is 13.8 Å². The maximum absolute atomic E-state index is 12.2. The van der Waals surface area contributed by atoms with Crippen LogP contribution in [0.25, 0.3) is 0 Å². The van der Waals surface area contributed by atoms with Gasteiger partial charge in [-0.15, -0.1) is 0 Å². The summed E-state index contributed by atoms with van der Waals surface area (Å²) in [4.78, 5) is 26.0. The van der Waals surface area contributed by atoms with E-state index >= 15 is 0 Å². The van der Waals surface area contributed by atoms with Crippen molar-refractivity contribution in [2.45, 2.75) is 40.2 Å². The highest BCUT2D eigenvalue weighted by Crippen LogP contribution is 2.29. The fourth-order valence-corrected chi connectivity index (χ4v) is 3.32. The largest absolute Gasteiger partial charge is 0.334 e. The van der Waals surface area contributed by atoms with Crippen molar-refractivity contribution in [1.29, 1.82) is 0 Å². The first kappa shape index (κ1) is 18.0. The molecule has 0 saturated heterocycles. The summed E-state index contributed by atoms with van der Waals surface area (Å²) < 4.78 is 0. The van der Waals surface area contributed by atoms with Gasteiger partial charge in [0.05, 0.1) is 0 Å². The molecule has 5 heteroatoms. The number of amides is 3. The van der Waals surface area contributed by atoms with Crippen LogP contribution in [0.15, 0.2) is 36.4 Å². The van der Waals surface area contributed by atoms with Crippen molar-refractivity contribution in [3.05, 3.63) is 58.7 Å². The molecule has 1 aliphatic rings. The molecule has 0 saturated carbocycles. The van der Waals surface area contributed by atoms with Gasteiger partial charge in [-0.05, 0) is 49.1 Å². The Morgan fingerprint density at radius 3 is 2.65 bits per heavy atom. The third-order valence-electron chi connectivity index (χ3n) is 4.73. The van der Waals surface area contributed by atoms with E-state index in [9.17, 15) is 9.59 Å². The van der Waals surface area contributed by atoms with Gasteiger partial charge in [-0.1, -0.05) is 36.8 Å². The summed E-state index contributed by atoms with van der Waals surface area (Å²) in [5.74, 6) is 0.155. The summed E-state index contributed by atoms with van der Waals surface area (Å²) in [5, 5.41) is 5.78. The van der Waals surface area contributed by atoms with Crippen molar-refractivity contribution in [2.24, 2.45) is 0 Å². The molecule has 0 atom stereocenters. The van der Waals surface area contributed by atoms with Crippen LogP contribution in [0.1, 0.15) is 35.6 Å². The molecule has 2 aromatic carbocycles. The molecule has 0 unspecified atom stereocenters. The highest BCUT2D eigenvalue weighted by Gasteiger charge is 2.23. The first-order chi connectivity index (χ1) is 12.5. The van der Waals surface area contributed by atoms with Gasteiger partial charge in [-0.2, -0.15) is 0 Å². The van der Waals surface area contributed by atoms with E-state index < -0.39 is 0 Å². The third-order valence-corrected chi connectivity index (χ3v) is 4.73. The smallest absolute Gasteiger partial charge is 0.319 e. The minimum Gasteiger partial charge on any atom is -0.334 e. The molecule has 2 aromatic rings. The first-order valence-electron chi connectivity index (χ1n) is 9.02. The van der Waals surface area contributed by atoms with E-state index in [2.05, 4.69) is 16.7 Å². The van der Waals surface area contributed by atoms with Crippen molar-refractivity contribution in [2.75, 3.05) is 16.8 Å². The monoisotopic (exact) mass is 351 g/mol. The second-order valence-corrected chi connectivity index (χ2v) is 6.74. The number of carbonyl (C=O) groups is 2. The van der Waals surface area contributed by atoms with Crippen molar-refractivity contribution in [3.63, 3.8) is 0 Å². The molecule has 0 radical (unpaired) electrons. The van der Waals surface area contributed by atoms with Gasteiger partial charge in [0, 0.05) is 30.9 Å². The standard InChI is InChI=1S/C21H25N3O2/c1-4-20(25)24-10-9-17-12-16(6-8-19(17)24)13-22-21(26)23-18-7-5-14(2)11-15(18)3/h5-8,11-12H,4,9-10,13H2,1-3H3,(H2,22,23,26). The minimum absolute atomic E-state index is 0.155. The zero-order chi connectivity index (χ0) is 18.7. The molecular weight excluding hydrogens is 326 g/mol. The molecule has 3 amide bonds. The second kappa shape index (κ2) is 7.60. The van der Waals surface area contributed by atoms with Crippen molar-refractivity contribution in [3.8, 4) is 0 Å². The molecule has 1 aliphatic heterocycles. The highest BCUT2D eigenvalue weighted by atomic mass is 16.2. The van der Waals surface area contributed by atoms with Gasteiger partial charge in [-0.3, -0.25) is 4.79 Å². The summed E-state index contributed by atoms with van der Waals surface area (Å²) >= 11 is 0. The Hall–Kier alpha value is -2.82. The summed E-state index contributed by atoms with van der Waals surface area (Å²) in [5.41, 5.74) is 6.22. The van der Waals surface area contributed by atoms with Crippen LogP contribution in [-0.4, -0.2) is 18.5 Å². The Morgan fingerprint density at radius 1 is 1.12 bits per heavy atom. The number of hydrogen-bond donors (Lipinski definition) is 2. The van der Waals surface area contributed by atoms with Gasteiger partial charge < -0.3 is 15.5 Å². The fourth-order valence-electron chi connectivity index (χ4n) is 3.32. The maximum Gasteiger partial charge on any atom is 0.319 e. The molecule has 2 N–H and O–H groups in total. The van der Waals surface area contributed by atoms with Gasteiger partial charge >= 0.3 is 6.03 Å². The minimum atomic E-state index is -0.222. The van der Waals surface area contributed by atoms with Crippen LogP contribution >= 0.6 is 0 Å². The predicted molar refractivity (Wildman–Crippen MR) is 105 cm³/mol. The average molecular weight is 351 g/mol. The number of nitrogens with one attached hydrogen (secondary N) is 2. The van der Waals surface area contributed by atoms with Gasteiger partial charge in [0.15, 0.2) is 0 Å². The quantitative estimate of drug-likeness (QED) is 0.877. The molecule has 0 spiro atoms. The number of nitrogens with zero attached hydrogens (tertiary/aromatic N) is 1. The van der Waals surface area contributed by atoms with Crippen LogP contribution in [-0.2, 0) is 17.8 Å². The SMILES string of the molecule is CCC(=O)N1CCc2cc(CNC(=O)Nc3ccc(C)cc3C)ccc21. The molecule has 0 aromatic heterocycles. The van der Waals surface area contributed by atoms with E-state index in [1.807, 2.05) is 56.0 Å². The molecule has 1 heterocycles. The number of aryl methyl sites for hydroxylation is 2. The second-order valence-electron chi connectivity index (χ2n) is 6.74. The Labute approximate surface area is 154 Å². The average Bonchev–Trinajstić information content (AvgIpc) is 3.05. The van der Waals surface area contributed by atoms with E-state index in [1.54, 1.807) is 0 Å². The van der Waals surface area contributed by atoms with Crippen molar-refractivity contribution >= 4 is 23.3 Å². The van der Waals surface area contributed by atoms with Gasteiger partial charge in [-0.25, -0.2) is 4.79 Å². The van der Waals surface area contributed by atoms with Gasteiger partial charge in [0.1, 0.15) is 0 Å². The van der Waals surface area contributed by atoms with Gasteiger partial charge in [0.25, 0.3) is 0 Å². The van der Waals surface area contributed by atoms with E-state index in [0.29, 0.717) is 13.0 Å². The lowest BCUT2D eigenvalue weighted by molar-refractivity contribution is -0.118. The zero-order valence-electron chi connectivity index (χ0n) is 15.6.